The van der Waals surface area contributed by atoms with Crippen molar-refractivity contribution in [3.63, 3.8) is 0 Å². The van der Waals surface area contributed by atoms with Crippen LogP contribution in [-0.4, -0.2) is 32.5 Å². The maximum atomic E-state index is 5.01. The zero-order valence-corrected chi connectivity index (χ0v) is 9.79. The molecule has 17 heavy (non-hydrogen) atoms. The lowest BCUT2D eigenvalue weighted by Crippen LogP contribution is -2.01. The van der Waals surface area contributed by atoms with Crippen molar-refractivity contribution in [3.8, 4) is 11.5 Å². The molecule has 0 saturated heterocycles. The molecular formula is C11H15N5O. The minimum Gasteiger partial charge on any atom is -0.377 e. The molecule has 0 bridgehead atoms. The van der Waals surface area contributed by atoms with E-state index in [9.17, 15) is 0 Å². The van der Waals surface area contributed by atoms with Crippen molar-refractivity contribution >= 4 is 0 Å². The van der Waals surface area contributed by atoms with Crippen LogP contribution in [0.25, 0.3) is 11.5 Å². The SMILES string of the molecule is COCc1nc(-c2n[nH]c3c2CCCC3)n[nH]1. The van der Waals surface area contributed by atoms with Crippen LogP contribution in [0.2, 0.25) is 0 Å². The number of H-pyrrole nitrogens is 2. The summed E-state index contributed by atoms with van der Waals surface area (Å²) in [4.78, 5) is 4.38. The first kappa shape index (κ1) is 10.5. The van der Waals surface area contributed by atoms with E-state index in [0.717, 1.165) is 24.4 Å². The lowest BCUT2D eigenvalue weighted by molar-refractivity contribution is 0.178. The average Bonchev–Trinajstić information content (AvgIpc) is 2.95. The molecule has 6 heteroatoms. The van der Waals surface area contributed by atoms with Crippen LogP contribution in [0.1, 0.15) is 29.9 Å². The van der Waals surface area contributed by atoms with Crippen LogP contribution in [0.3, 0.4) is 0 Å². The van der Waals surface area contributed by atoms with Gasteiger partial charge in [-0.05, 0) is 25.7 Å². The summed E-state index contributed by atoms with van der Waals surface area (Å²) in [7, 11) is 1.64. The van der Waals surface area contributed by atoms with Gasteiger partial charge >= 0.3 is 0 Å². The van der Waals surface area contributed by atoms with E-state index in [1.165, 1.54) is 24.1 Å². The molecule has 1 aliphatic rings. The van der Waals surface area contributed by atoms with Crippen LogP contribution >= 0.6 is 0 Å². The standard InChI is InChI=1S/C11H15N5O/c1-17-6-9-12-11(16-14-9)10-7-4-2-3-5-8(7)13-15-10/h2-6H2,1H3,(H,13,15)(H,12,14,16). The van der Waals surface area contributed by atoms with Crippen LogP contribution in [0, 0.1) is 0 Å². The summed E-state index contributed by atoms with van der Waals surface area (Å²) in [6, 6.07) is 0. The Bertz CT molecular complexity index is 516. The van der Waals surface area contributed by atoms with Gasteiger partial charge in [-0.1, -0.05) is 0 Å². The highest BCUT2D eigenvalue weighted by molar-refractivity contribution is 5.56. The van der Waals surface area contributed by atoms with Gasteiger partial charge in [0.05, 0.1) is 0 Å². The highest BCUT2D eigenvalue weighted by atomic mass is 16.5. The molecule has 6 nitrogen and oxygen atoms in total. The molecule has 0 aromatic carbocycles. The van der Waals surface area contributed by atoms with Crippen LogP contribution in [0.4, 0.5) is 0 Å². The lowest BCUT2D eigenvalue weighted by Gasteiger charge is -2.09. The van der Waals surface area contributed by atoms with Crippen LogP contribution in [0.15, 0.2) is 0 Å². The fourth-order valence-electron chi connectivity index (χ4n) is 2.27. The first-order valence-corrected chi connectivity index (χ1v) is 5.85. The molecule has 2 heterocycles. The van der Waals surface area contributed by atoms with E-state index in [1.54, 1.807) is 7.11 Å². The van der Waals surface area contributed by atoms with Gasteiger partial charge in [-0.25, -0.2) is 4.98 Å². The second-order valence-corrected chi connectivity index (χ2v) is 4.28. The fraction of sp³-hybridized carbons (Fsp3) is 0.545. The van der Waals surface area contributed by atoms with Gasteiger partial charge in [0.15, 0.2) is 5.82 Å². The van der Waals surface area contributed by atoms with Gasteiger partial charge in [-0.2, -0.15) is 10.2 Å². The second kappa shape index (κ2) is 4.29. The number of hydrogen-bond acceptors (Lipinski definition) is 4. The van der Waals surface area contributed by atoms with Crippen molar-refractivity contribution in [2.45, 2.75) is 32.3 Å². The van der Waals surface area contributed by atoms with Crippen LogP contribution in [-0.2, 0) is 24.2 Å². The van der Waals surface area contributed by atoms with E-state index in [0.29, 0.717) is 12.4 Å². The molecule has 2 aromatic rings. The Morgan fingerprint density at radius 1 is 1.18 bits per heavy atom. The Morgan fingerprint density at radius 3 is 2.94 bits per heavy atom. The summed E-state index contributed by atoms with van der Waals surface area (Å²) in [5.74, 6) is 1.39. The number of nitrogens with one attached hydrogen (secondary N) is 2. The van der Waals surface area contributed by atoms with Gasteiger partial charge in [0.2, 0.25) is 5.82 Å². The van der Waals surface area contributed by atoms with Crippen LogP contribution in [0.5, 0.6) is 0 Å². The zero-order chi connectivity index (χ0) is 11.7. The third-order valence-corrected chi connectivity index (χ3v) is 3.08. The molecule has 90 valence electrons. The number of hydrogen-bond donors (Lipinski definition) is 2. The normalized spacial score (nSPS) is 14.9. The van der Waals surface area contributed by atoms with Crippen LogP contribution < -0.4 is 0 Å². The van der Waals surface area contributed by atoms with E-state index in [2.05, 4.69) is 25.4 Å². The Kier molecular flexibility index (Phi) is 2.64. The summed E-state index contributed by atoms with van der Waals surface area (Å²) in [6.45, 7) is 0.444. The molecule has 0 saturated carbocycles. The van der Waals surface area contributed by atoms with Crippen molar-refractivity contribution in [1.82, 2.24) is 25.4 Å². The van der Waals surface area contributed by atoms with Gasteiger partial charge < -0.3 is 4.74 Å². The summed E-state index contributed by atoms with van der Waals surface area (Å²) in [6.07, 6.45) is 4.60. The molecular weight excluding hydrogens is 218 g/mol. The number of aromatic amines is 2. The molecule has 0 radical (unpaired) electrons. The maximum absolute atomic E-state index is 5.01. The molecule has 0 unspecified atom stereocenters. The smallest absolute Gasteiger partial charge is 0.202 e. The highest BCUT2D eigenvalue weighted by Crippen LogP contribution is 2.27. The zero-order valence-electron chi connectivity index (χ0n) is 9.79. The Hall–Kier alpha value is -1.69. The number of methoxy groups -OCH3 is 1. The van der Waals surface area contributed by atoms with Gasteiger partial charge in [0.25, 0.3) is 0 Å². The minimum absolute atomic E-state index is 0.444. The first-order chi connectivity index (χ1) is 8.38. The quantitative estimate of drug-likeness (QED) is 0.835. The topological polar surface area (TPSA) is 79.5 Å². The van der Waals surface area contributed by atoms with E-state index >= 15 is 0 Å². The molecule has 0 amide bonds. The molecule has 3 rings (SSSR count). The fourth-order valence-corrected chi connectivity index (χ4v) is 2.27. The first-order valence-electron chi connectivity index (χ1n) is 5.85. The predicted octanol–water partition coefficient (Wildman–Crippen LogP) is 1.22. The summed E-state index contributed by atoms with van der Waals surface area (Å²) in [5.41, 5.74) is 3.40. The maximum Gasteiger partial charge on any atom is 0.202 e. The summed E-state index contributed by atoms with van der Waals surface area (Å²) >= 11 is 0. The summed E-state index contributed by atoms with van der Waals surface area (Å²) in [5, 5.41) is 14.5. The number of fused-ring (bicyclic) bond motifs is 1. The van der Waals surface area contributed by atoms with E-state index in [4.69, 9.17) is 4.74 Å². The van der Waals surface area contributed by atoms with Crippen molar-refractivity contribution in [1.29, 1.82) is 0 Å². The Morgan fingerprint density at radius 2 is 2.06 bits per heavy atom. The van der Waals surface area contributed by atoms with Crippen molar-refractivity contribution in [2.24, 2.45) is 0 Å². The molecule has 0 spiro atoms. The van der Waals surface area contributed by atoms with E-state index in [1.807, 2.05) is 0 Å². The highest BCUT2D eigenvalue weighted by Gasteiger charge is 2.20. The lowest BCUT2D eigenvalue weighted by atomic mass is 9.96. The van der Waals surface area contributed by atoms with Gasteiger partial charge in [-0.15, -0.1) is 0 Å². The van der Waals surface area contributed by atoms with E-state index < -0.39 is 0 Å². The molecule has 0 fully saturated rings. The van der Waals surface area contributed by atoms with E-state index in [-0.39, 0.29) is 0 Å². The minimum atomic E-state index is 0.444. The average molecular weight is 233 g/mol. The number of nitrogens with zero attached hydrogens (tertiary/aromatic N) is 3. The number of ether oxygens (including phenoxy) is 1. The Balaban J connectivity index is 1.94. The van der Waals surface area contributed by atoms with Crippen molar-refractivity contribution < 1.29 is 4.74 Å². The molecule has 0 aliphatic heterocycles. The Labute approximate surface area is 98.8 Å². The third-order valence-electron chi connectivity index (χ3n) is 3.08. The summed E-state index contributed by atoms with van der Waals surface area (Å²) < 4.78 is 5.01. The van der Waals surface area contributed by atoms with Crippen molar-refractivity contribution in [3.05, 3.63) is 17.1 Å². The molecule has 2 N–H and O–H groups in total. The number of aromatic nitrogens is 5. The molecule has 2 aromatic heterocycles. The molecule has 0 atom stereocenters. The predicted molar refractivity (Wildman–Crippen MR) is 61.3 cm³/mol. The van der Waals surface area contributed by atoms with Crippen molar-refractivity contribution in [2.75, 3.05) is 7.11 Å². The van der Waals surface area contributed by atoms with Gasteiger partial charge in [-0.3, -0.25) is 10.2 Å². The van der Waals surface area contributed by atoms with Gasteiger partial charge in [0, 0.05) is 18.4 Å². The monoisotopic (exact) mass is 233 g/mol. The third kappa shape index (κ3) is 1.84. The largest absolute Gasteiger partial charge is 0.377 e. The van der Waals surface area contributed by atoms with Gasteiger partial charge in [0.1, 0.15) is 12.3 Å². The second-order valence-electron chi connectivity index (χ2n) is 4.28. The number of rotatable bonds is 3. The molecule has 1 aliphatic carbocycles. The number of aryl methyl sites for hydroxylation is 1.